The highest BCUT2D eigenvalue weighted by Crippen LogP contribution is 2.18. The molecule has 0 unspecified atom stereocenters. The van der Waals surface area contributed by atoms with Gasteiger partial charge in [0.2, 0.25) is 0 Å². The van der Waals surface area contributed by atoms with Crippen LogP contribution in [0.25, 0.3) is 0 Å². The molecule has 0 fully saturated rings. The van der Waals surface area contributed by atoms with Crippen LogP contribution in [0.15, 0.2) is 36.4 Å². The Balaban J connectivity index is 2.11. The highest BCUT2D eigenvalue weighted by molar-refractivity contribution is 5.94. The number of hydrogen-bond acceptors (Lipinski definition) is 2. The van der Waals surface area contributed by atoms with Gasteiger partial charge in [-0.05, 0) is 36.8 Å². The van der Waals surface area contributed by atoms with Crippen molar-refractivity contribution in [3.63, 3.8) is 0 Å². The van der Waals surface area contributed by atoms with Gasteiger partial charge in [-0.3, -0.25) is 4.79 Å². The van der Waals surface area contributed by atoms with E-state index in [4.69, 9.17) is 0 Å². The first-order valence-electron chi connectivity index (χ1n) is 6.52. The number of halogens is 2. The molecule has 21 heavy (non-hydrogen) atoms. The van der Waals surface area contributed by atoms with Crippen molar-refractivity contribution in [3.05, 3.63) is 64.7 Å². The molecular formula is C16H16F2N2O. The molecule has 5 heteroatoms. The molecule has 0 radical (unpaired) electrons. The highest BCUT2D eigenvalue weighted by Gasteiger charge is 2.07. The van der Waals surface area contributed by atoms with Crippen LogP contribution in [0.5, 0.6) is 0 Å². The van der Waals surface area contributed by atoms with Gasteiger partial charge in [0, 0.05) is 36.5 Å². The van der Waals surface area contributed by atoms with Gasteiger partial charge in [0.1, 0.15) is 11.6 Å². The molecule has 2 aromatic carbocycles. The number of aryl methyl sites for hydroxylation is 1. The zero-order valence-electron chi connectivity index (χ0n) is 11.8. The lowest BCUT2D eigenvalue weighted by molar-refractivity contribution is 0.0963. The van der Waals surface area contributed by atoms with E-state index in [1.807, 2.05) is 6.92 Å². The Morgan fingerprint density at radius 3 is 2.52 bits per heavy atom. The maximum absolute atomic E-state index is 13.5. The summed E-state index contributed by atoms with van der Waals surface area (Å²) in [5.74, 6) is -1.33. The van der Waals surface area contributed by atoms with Gasteiger partial charge in [0.15, 0.2) is 0 Å². The SMILES string of the molecule is CNC(=O)c1ccc(NCc2ccc(F)cc2F)c(C)c1. The van der Waals surface area contributed by atoms with E-state index >= 15 is 0 Å². The summed E-state index contributed by atoms with van der Waals surface area (Å²) in [7, 11) is 1.57. The van der Waals surface area contributed by atoms with Crippen LogP contribution in [0.3, 0.4) is 0 Å². The van der Waals surface area contributed by atoms with Crippen molar-refractivity contribution in [2.45, 2.75) is 13.5 Å². The lowest BCUT2D eigenvalue weighted by Gasteiger charge is -2.11. The minimum atomic E-state index is -0.595. The molecule has 0 saturated heterocycles. The molecular weight excluding hydrogens is 274 g/mol. The molecule has 0 saturated carbocycles. The van der Waals surface area contributed by atoms with Gasteiger partial charge in [-0.2, -0.15) is 0 Å². The van der Waals surface area contributed by atoms with Crippen LogP contribution in [-0.2, 0) is 6.54 Å². The number of benzene rings is 2. The molecule has 0 atom stereocenters. The number of hydrogen-bond donors (Lipinski definition) is 2. The first-order valence-corrected chi connectivity index (χ1v) is 6.52. The van der Waals surface area contributed by atoms with Crippen LogP contribution in [0.1, 0.15) is 21.5 Å². The molecule has 2 rings (SSSR count). The maximum Gasteiger partial charge on any atom is 0.251 e. The summed E-state index contributed by atoms with van der Waals surface area (Å²) in [5.41, 5.74) is 2.62. The summed E-state index contributed by atoms with van der Waals surface area (Å²) >= 11 is 0. The molecule has 110 valence electrons. The van der Waals surface area contributed by atoms with Gasteiger partial charge in [-0.1, -0.05) is 6.07 Å². The van der Waals surface area contributed by atoms with Crippen molar-refractivity contribution in [2.24, 2.45) is 0 Å². The second kappa shape index (κ2) is 6.35. The average Bonchev–Trinajstić information content (AvgIpc) is 2.46. The van der Waals surface area contributed by atoms with E-state index in [9.17, 15) is 13.6 Å². The van der Waals surface area contributed by atoms with Crippen LogP contribution in [0.2, 0.25) is 0 Å². The molecule has 2 N–H and O–H groups in total. The summed E-state index contributed by atoms with van der Waals surface area (Å²) in [6.07, 6.45) is 0. The second-order valence-corrected chi connectivity index (χ2v) is 4.70. The molecule has 0 spiro atoms. The molecule has 0 aliphatic rings. The predicted molar refractivity (Wildman–Crippen MR) is 78.3 cm³/mol. The third-order valence-electron chi connectivity index (χ3n) is 3.20. The molecule has 1 amide bonds. The van der Waals surface area contributed by atoms with Crippen molar-refractivity contribution in [1.29, 1.82) is 0 Å². The summed E-state index contributed by atoms with van der Waals surface area (Å²) in [5, 5.41) is 5.63. The predicted octanol–water partition coefficient (Wildman–Crippen LogP) is 3.24. The molecule has 0 aromatic heterocycles. The van der Waals surface area contributed by atoms with E-state index in [0.717, 1.165) is 17.3 Å². The smallest absolute Gasteiger partial charge is 0.251 e. The minimum Gasteiger partial charge on any atom is -0.381 e. The Kier molecular flexibility index (Phi) is 4.52. The quantitative estimate of drug-likeness (QED) is 0.907. The zero-order chi connectivity index (χ0) is 15.4. The Hall–Kier alpha value is -2.43. The van der Waals surface area contributed by atoms with Gasteiger partial charge >= 0.3 is 0 Å². The van der Waals surface area contributed by atoms with Crippen LogP contribution in [0, 0.1) is 18.6 Å². The summed E-state index contributed by atoms with van der Waals surface area (Å²) in [6.45, 7) is 2.10. The van der Waals surface area contributed by atoms with Crippen molar-refractivity contribution in [3.8, 4) is 0 Å². The van der Waals surface area contributed by atoms with E-state index in [0.29, 0.717) is 11.1 Å². The average molecular weight is 290 g/mol. The topological polar surface area (TPSA) is 41.1 Å². The number of rotatable bonds is 4. The van der Waals surface area contributed by atoms with Crippen LogP contribution in [-0.4, -0.2) is 13.0 Å². The summed E-state index contributed by atoms with van der Waals surface area (Å²) in [4.78, 5) is 11.5. The number of anilines is 1. The Morgan fingerprint density at radius 2 is 1.90 bits per heavy atom. The minimum absolute atomic E-state index is 0.158. The molecule has 3 nitrogen and oxygen atoms in total. The Bertz CT molecular complexity index is 671. The van der Waals surface area contributed by atoms with Gasteiger partial charge in [-0.25, -0.2) is 8.78 Å². The van der Waals surface area contributed by atoms with E-state index in [-0.39, 0.29) is 12.5 Å². The lowest BCUT2D eigenvalue weighted by Crippen LogP contribution is -2.18. The van der Waals surface area contributed by atoms with Gasteiger partial charge in [-0.15, -0.1) is 0 Å². The molecule has 2 aromatic rings. The van der Waals surface area contributed by atoms with Gasteiger partial charge < -0.3 is 10.6 Å². The third-order valence-corrected chi connectivity index (χ3v) is 3.20. The van der Waals surface area contributed by atoms with Gasteiger partial charge in [0.25, 0.3) is 5.91 Å². The van der Waals surface area contributed by atoms with E-state index in [2.05, 4.69) is 10.6 Å². The third kappa shape index (κ3) is 3.56. The maximum atomic E-state index is 13.5. The molecule has 0 bridgehead atoms. The van der Waals surface area contributed by atoms with Crippen molar-refractivity contribution >= 4 is 11.6 Å². The summed E-state index contributed by atoms with van der Waals surface area (Å²) < 4.78 is 26.4. The van der Waals surface area contributed by atoms with Crippen LogP contribution in [0.4, 0.5) is 14.5 Å². The summed E-state index contributed by atoms with van der Waals surface area (Å²) in [6, 6.07) is 8.70. The van der Waals surface area contributed by atoms with E-state index in [1.54, 1.807) is 25.2 Å². The standard InChI is InChI=1S/C16H16F2N2O/c1-10-7-11(16(21)19-2)4-6-15(10)20-9-12-3-5-13(17)8-14(12)18/h3-8,20H,9H2,1-2H3,(H,19,21). The second-order valence-electron chi connectivity index (χ2n) is 4.70. The number of nitrogens with one attached hydrogen (secondary N) is 2. The lowest BCUT2D eigenvalue weighted by atomic mass is 10.1. The Labute approximate surface area is 122 Å². The van der Waals surface area contributed by atoms with Crippen LogP contribution >= 0.6 is 0 Å². The largest absolute Gasteiger partial charge is 0.381 e. The number of carbonyl (C=O) groups excluding carboxylic acids is 1. The van der Waals surface area contributed by atoms with E-state index < -0.39 is 11.6 Å². The van der Waals surface area contributed by atoms with Crippen molar-refractivity contribution < 1.29 is 13.6 Å². The van der Waals surface area contributed by atoms with Crippen LogP contribution < -0.4 is 10.6 Å². The highest BCUT2D eigenvalue weighted by atomic mass is 19.1. The first-order chi connectivity index (χ1) is 10.0. The number of amides is 1. The number of carbonyl (C=O) groups is 1. The molecule has 0 heterocycles. The molecule has 0 aliphatic carbocycles. The molecule has 0 aliphatic heterocycles. The fourth-order valence-electron chi connectivity index (χ4n) is 2.00. The van der Waals surface area contributed by atoms with Gasteiger partial charge in [0.05, 0.1) is 0 Å². The monoisotopic (exact) mass is 290 g/mol. The first kappa shape index (κ1) is 15.0. The van der Waals surface area contributed by atoms with Crippen molar-refractivity contribution in [1.82, 2.24) is 5.32 Å². The Morgan fingerprint density at radius 1 is 1.14 bits per heavy atom. The zero-order valence-corrected chi connectivity index (χ0v) is 11.8. The fraction of sp³-hybridized carbons (Fsp3) is 0.188. The normalized spacial score (nSPS) is 10.3. The van der Waals surface area contributed by atoms with Crippen molar-refractivity contribution in [2.75, 3.05) is 12.4 Å². The van der Waals surface area contributed by atoms with E-state index in [1.165, 1.54) is 12.1 Å². The fourth-order valence-corrected chi connectivity index (χ4v) is 2.00.